The molecule has 2 aromatic heterocycles. The Morgan fingerprint density at radius 1 is 1.28 bits per heavy atom. The third-order valence-corrected chi connectivity index (χ3v) is 5.55. The van der Waals surface area contributed by atoms with Crippen LogP contribution in [0.25, 0.3) is 11.4 Å². The quantitative estimate of drug-likeness (QED) is 0.383. The molecule has 1 aliphatic heterocycles. The number of aliphatic hydroxyl groups is 1. The minimum absolute atomic E-state index is 0.0431. The number of carbonyl (C=O) groups excluding carboxylic acids is 1. The molecule has 0 saturated heterocycles. The summed E-state index contributed by atoms with van der Waals surface area (Å²) in [6, 6.07) is 5.80. The normalized spacial score (nSPS) is 12.1. The van der Waals surface area contributed by atoms with Gasteiger partial charge < -0.3 is 15.6 Å². The molecule has 0 aliphatic carbocycles. The molecule has 29 heavy (non-hydrogen) atoms. The first-order valence-corrected chi connectivity index (χ1v) is 9.79. The number of rotatable bonds is 5. The maximum atomic E-state index is 13.3. The van der Waals surface area contributed by atoms with Crippen LogP contribution in [0.4, 0.5) is 4.39 Å². The Morgan fingerprint density at radius 3 is 2.72 bits per heavy atom. The molecule has 4 rings (SSSR count). The molecule has 0 radical (unpaired) electrons. The summed E-state index contributed by atoms with van der Waals surface area (Å²) in [7, 11) is 0. The van der Waals surface area contributed by atoms with Gasteiger partial charge in [0.2, 0.25) is 11.8 Å². The monoisotopic (exact) mass is 412 g/mol. The van der Waals surface area contributed by atoms with Crippen LogP contribution >= 0.6 is 11.8 Å². The van der Waals surface area contributed by atoms with E-state index in [-0.39, 0.29) is 18.2 Å². The number of aliphatic hydroxyl groups excluding tert-OH is 1. The maximum Gasteiger partial charge on any atom is 0.227 e. The first-order chi connectivity index (χ1) is 14.0. The average molecular weight is 412 g/mol. The molecule has 0 atom stereocenters. The molecule has 3 N–H and O–H groups in total. The van der Waals surface area contributed by atoms with E-state index in [4.69, 9.17) is 10.5 Å². The van der Waals surface area contributed by atoms with Gasteiger partial charge in [0.15, 0.2) is 11.6 Å². The van der Waals surface area contributed by atoms with Gasteiger partial charge in [0.25, 0.3) is 0 Å². The highest BCUT2D eigenvalue weighted by atomic mass is 32.2. The molecule has 3 aromatic rings. The number of halogens is 1. The molecule has 0 fully saturated rings. The van der Waals surface area contributed by atoms with Crippen molar-refractivity contribution in [2.75, 3.05) is 5.75 Å². The van der Waals surface area contributed by atoms with E-state index in [1.54, 1.807) is 18.3 Å². The van der Waals surface area contributed by atoms with Gasteiger partial charge in [-0.15, -0.1) is 0 Å². The van der Waals surface area contributed by atoms with Crippen LogP contribution < -0.4 is 10.5 Å². The molecular weight excluding hydrogens is 395 g/mol. The largest absolute Gasteiger partial charge is 0.436 e. The number of nitrogens with zero attached hydrogens (tertiary/aromatic N) is 3. The number of hydrogen-bond acceptors (Lipinski definition) is 7. The number of fused-ring (bicyclic) bond motifs is 2. The van der Waals surface area contributed by atoms with E-state index in [0.29, 0.717) is 51.3 Å². The second kappa shape index (κ2) is 7.76. The fourth-order valence-corrected chi connectivity index (χ4v) is 3.84. The second-order valence-corrected chi connectivity index (χ2v) is 7.48. The highest BCUT2D eigenvalue weighted by Gasteiger charge is 2.27. The van der Waals surface area contributed by atoms with Crippen molar-refractivity contribution in [1.29, 1.82) is 0 Å². The lowest BCUT2D eigenvalue weighted by atomic mass is 9.99. The molecule has 1 aromatic carbocycles. The second-order valence-electron chi connectivity index (χ2n) is 6.51. The van der Waals surface area contributed by atoms with Gasteiger partial charge in [-0.25, -0.2) is 9.37 Å². The van der Waals surface area contributed by atoms with Gasteiger partial charge >= 0.3 is 0 Å². The molecule has 0 unspecified atom stereocenters. The topological polar surface area (TPSA) is 111 Å². The number of aryl methyl sites for hydroxylation is 1. The van der Waals surface area contributed by atoms with Gasteiger partial charge in [0.1, 0.15) is 10.8 Å². The highest BCUT2D eigenvalue weighted by molar-refractivity contribution is 7.99. The first kappa shape index (κ1) is 19.3. The van der Waals surface area contributed by atoms with Crippen molar-refractivity contribution in [3.63, 3.8) is 0 Å². The minimum atomic E-state index is -0.473. The molecule has 0 saturated carbocycles. The summed E-state index contributed by atoms with van der Waals surface area (Å²) in [5.74, 6) is 0.458. The number of amides is 1. The zero-order chi connectivity index (χ0) is 20.5. The molecule has 1 amide bonds. The molecule has 0 bridgehead atoms. The SMILES string of the molecule is Cc1ncc(CO)c2c1Oc1nc(-c3ccc(F)cc3)nc(SCC(N)=O)c1C2. The van der Waals surface area contributed by atoms with Gasteiger partial charge in [0, 0.05) is 29.3 Å². The number of carbonyl (C=O) groups is 1. The first-order valence-electron chi connectivity index (χ1n) is 8.80. The Bertz CT molecular complexity index is 1110. The Hall–Kier alpha value is -3.04. The summed E-state index contributed by atoms with van der Waals surface area (Å²) in [6.07, 6.45) is 2.04. The lowest BCUT2D eigenvalue weighted by Crippen LogP contribution is -2.15. The summed E-state index contributed by atoms with van der Waals surface area (Å²) < 4.78 is 19.4. The number of nitrogens with two attached hydrogens (primary N) is 1. The van der Waals surface area contributed by atoms with Crippen molar-refractivity contribution in [3.05, 3.63) is 58.7 Å². The van der Waals surface area contributed by atoms with E-state index in [1.165, 1.54) is 23.9 Å². The lowest BCUT2D eigenvalue weighted by molar-refractivity contribution is -0.115. The van der Waals surface area contributed by atoms with Crippen molar-refractivity contribution >= 4 is 17.7 Å². The fourth-order valence-electron chi connectivity index (χ4n) is 3.08. The van der Waals surface area contributed by atoms with Crippen LogP contribution in [0.1, 0.15) is 22.4 Å². The Morgan fingerprint density at radius 2 is 2.03 bits per heavy atom. The van der Waals surface area contributed by atoms with E-state index in [9.17, 15) is 14.3 Å². The van der Waals surface area contributed by atoms with Crippen LogP contribution in [-0.4, -0.2) is 31.7 Å². The lowest BCUT2D eigenvalue weighted by Gasteiger charge is -2.24. The molecule has 9 heteroatoms. The molecule has 148 valence electrons. The molecular formula is C20H17FN4O3S. The predicted octanol–water partition coefficient (Wildman–Crippen LogP) is 2.75. The van der Waals surface area contributed by atoms with Gasteiger partial charge in [-0.1, -0.05) is 11.8 Å². The number of aromatic nitrogens is 3. The van der Waals surface area contributed by atoms with Crippen LogP contribution in [0.5, 0.6) is 11.6 Å². The van der Waals surface area contributed by atoms with Crippen LogP contribution in [0.15, 0.2) is 35.5 Å². The Kier molecular flexibility index (Phi) is 5.16. The van der Waals surface area contributed by atoms with Crippen molar-refractivity contribution in [3.8, 4) is 23.0 Å². The number of hydrogen-bond donors (Lipinski definition) is 2. The van der Waals surface area contributed by atoms with Crippen LogP contribution in [0, 0.1) is 12.7 Å². The number of benzene rings is 1. The molecule has 0 spiro atoms. The average Bonchev–Trinajstić information content (AvgIpc) is 2.71. The number of primary amides is 1. The third-order valence-electron chi connectivity index (χ3n) is 4.51. The molecule has 1 aliphatic rings. The summed E-state index contributed by atoms with van der Waals surface area (Å²) in [5, 5.41) is 10.2. The highest BCUT2D eigenvalue weighted by Crippen LogP contribution is 2.42. The van der Waals surface area contributed by atoms with E-state index in [2.05, 4.69) is 15.0 Å². The predicted molar refractivity (Wildman–Crippen MR) is 105 cm³/mol. The number of pyridine rings is 1. The Balaban J connectivity index is 1.84. The van der Waals surface area contributed by atoms with Crippen LogP contribution in [-0.2, 0) is 17.8 Å². The number of ether oxygens (including phenoxy) is 1. The fraction of sp³-hybridized carbons (Fsp3) is 0.200. The van der Waals surface area contributed by atoms with E-state index in [0.717, 1.165) is 5.56 Å². The summed E-state index contributed by atoms with van der Waals surface area (Å²) in [5.41, 5.74) is 8.77. The van der Waals surface area contributed by atoms with Gasteiger partial charge in [0.05, 0.1) is 23.6 Å². The zero-order valence-electron chi connectivity index (χ0n) is 15.5. The third kappa shape index (κ3) is 3.79. The molecule has 3 heterocycles. The summed E-state index contributed by atoms with van der Waals surface area (Å²) in [6.45, 7) is 1.64. The molecule has 7 nitrogen and oxygen atoms in total. The minimum Gasteiger partial charge on any atom is -0.436 e. The van der Waals surface area contributed by atoms with E-state index in [1.807, 2.05) is 6.92 Å². The van der Waals surface area contributed by atoms with Crippen molar-refractivity contribution < 1.29 is 19.0 Å². The van der Waals surface area contributed by atoms with E-state index >= 15 is 0 Å². The standard InChI is InChI=1S/C20H17FN4O3S/c1-10-17-14(12(8-26)7-23-10)6-15-19(28-17)24-18(11-2-4-13(21)5-3-11)25-20(15)29-9-16(22)27/h2-5,7,26H,6,8-9H2,1H3,(H2,22,27). The van der Waals surface area contributed by atoms with Crippen LogP contribution in [0.2, 0.25) is 0 Å². The maximum absolute atomic E-state index is 13.3. The van der Waals surface area contributed by atoms with Gasteiger partial charge in [-0.3, -0.25) is 9.78 Å². The number of thioether (sulfide) groups is 1. The summed E-state index contributed by atoms with van der Waals surface area (Å²) >= 11 is 1.19. The van der Waals surface area contributed by atoms with E-state index < -0.39 is 5.91 Å². The van der Waals surface area contributed by atoms with Crippen molar-refractivity contribution in [2.45, 2.75) is 25.0 Å². The zero-order valence-corrected chi connectivity index (χ0v) is 16.3. The smallest absolute Gasteiger partial charge is 0.227 e. The van der Waals surface area contributed by atoms with Crippen molar-refractivity contribution in [1.82, 2.24) is 15.0 Å². The van der Waals surface area contributed by atoms with Crippen LogP contribution in [0.3, 0.4) is 0 Å². The summed E-state index contributed by atoms with van der Waals surface area (Å²) in [4.78, 5) is 24.7. The Labute approximate surface area is 170 Å². The van der Waals surface area contributed by atoms with Gasteiger partial charge in [-0.05, 0) is 31.2 Å². The van der Waals surface area contributed by atoms with Gasteiger partial charge in [-0.2, -0.15) is 4.98 Å². The van der Waals surface area contributed by atoms with Crippen molar-refractivity contribution in [2.24, 2.45) is 5.73 Å².